The van der Waals surface area contributed by atoms with E-state index in [4.69, 9.17) is 0 Å². The molecule has 18 nitrogen and oxygen atoms in total. The van der Waals surface area contributed by atoms with Gasteiger partial charge in [0.05, 0.1) is 18.6 Å². The SMILES string of the molecule is CCCCCC(=O)N[C@H]1CSCc2cc(C)cc(c2)CSC[C@@H](C(=O)C(C)C)NC(=O)[C@H](Cc2ccccc2)NC(=O)[C@@H](CC(=O)O)NC(=O)[C@H]([C@@H](C)O)NC(=O)[C@@H]2CCCN2C(=O)[C@@H]2CCCN2C1=O. The number of carboxylic acid groups (broad SMARTS) is 1. The molecule has 2 aromatic rings. The number of benzene rings is 2. The summed E-state index contributed by atoms with van der Waals surface area (Å²) in [5, 5.41) is 34.0. The van der Waals surface area contributed by atoms with Crippen LogP contribution >= 0.6 is 23.5 Å². The third-order valence-corrected chi connectivity index (χ3v) is 15.0. The molecule has 0 unspecified atom stereocenters. The van der Waals surface area contributed by atoms with Crippen LogP contribution in [-0.2, 0) is 61.1 Å². The van der Waals surface area contributed by atoms with Crippen molar-refractivity contribution in [1.29, 1.82) is 0 Å². The summed E-state index contributed by atoms with van der Waals surface area (Å²) in [5.41, 5.74) is 3.57. The highest BCUT2D eigenvalue weighted by Crippen LogP contribution is 2.28. The molecule has 71 heavy (non-hydrogen) atoms. The Morgan fingerprint density at radius 2 is 1.35 bits per heavy atom. The van der Waals surface area contributed by atoms with Gasteiger partial charge in [-0.05, 0) is 62.6 Å². The fraction of sp³-hybridized carbons (Fsp3) is 0.588. The van der Waals surface area contributed by atoms with E-state index in [-0.39, 0.29) is 55.5 Å². The minimum absolute atomic E-state index is 0.0617. The number of aliphatic hydroxyl groups is 1. The van der Waals surface area contributed by atoms with E-state index in [1.165, 1.54) is 40.2 Å². The lowest BCUT2D eigenvalue weighted by molar-refractivity contribution is -0.148. The van der Waals surface area contributed by atoms with E-state index in [1.54, 1.807) is 44.2 Å². The largest absolute Gasteiger partial charge is 0.481 e. The predicted molar refractivity (Wildman–Crippen MR) is 271 cm³/mol. The van der Waals surface area contributed by atoms with E-state index < -0.39 is 102 Å². The molecule has 388 valence electrons. The minimum atomic E-state index is -1.79. The first-order valence-electron chi connectivity index (χ1n) is 24.7. The van der Waals surface area contributed by atoms with Gasteiger partial charge in [0.1, 0.15) is 36.3 Å². The number of nitrogens with zero attached hydrogens (tertiary/aromatic N) is 2. The molecule has 20 heteroatoms. The van der Waals surface area contributed by atoms with Crippen LogP contribution in [0.3, 0.4) is 0 Å². The zero-order valence-electron chi connectivity index (χ0n) is 41.4. The van der Waals surface area contributed by atoms with Crippen molar-refractivity contribution in [1.82, 2.24) is 36.4 Å². The van der Waals surface area contributed by atoms with Gasteiger partial charge in [0.2, 0.25) is 41.4 Å². The number of aliphatic hydroxyl groups excluding tert-OH is 1. The molecule has 0 spiro atoms. The van der Waals surface area contributed by atoms with Crippen LogP contribution in [0.5, 0.6) is 0 Å². The molecule has 5 rings (SSSR count). The van der Waals surface area contributed by atoms with Crippen molar-refractivity contribution in [2.45, 2.75) is 159 Å². The van der Waals surface area contributed by atoms with E-state index in [2.05, 4.69) is 26.6 Å². The number of unbranched alkanes of at least 4 members (excludes halogenated alkanes) is 2. The molecule has 2 aromatic carbocycles. The van der Waals surface area contributed by atoms with Crippen molar-refractivity contribution in [2.24, 2.45) is 5.92 Å². The Kier molecular flexibility index (Phi) is 21.8. The van der Waals surface area contributed by atoms with Gasteiger partial charge in [0.15, 0.2) is 5.78 Å². The summed E-state index contributed by atoms with van der Waals surface area (Å²) in [7, 11) is 0. The number of amides is 7. The van der Waals surface area contributed by atoms with Gasteiger partial charge in [-0.3, -0.25) is 43.2 Å². The maximum Gasteiger partial charge on any atom is 0.305 e. The van der Waals surface area contributed by atoms with Gasteiger partial charge in [-0.15, -0.1) is 0 Å². The van der Waals surface area contributed by atoms with Gasteiger partial charge >= 0.3 is 5.97 Å². The van der Waals surface area contributed by atoms with Crippen LogP contribution in [0.15, 0.2) is 48.5 Å². The number of ketones is 1. The Morgan fingerprint density at radius 1 is 0.746 bits per heavy atom. The third-order valence-electron chi connectivity index (χ3n) is 12.8. The molecule has 3 aliphatic heterocycles. The number of hydrogen-bond donors (Lipinski definition) is 7. The van der Waals surface area contributed by atoms with Gasteiger partial charge in [0, 0.05) is 54.9 Å². The van der Waals surface area contributed by atoms with Crippen LogP contribution in [0, 0.1) is 12.8 Å². The zero-order chi connectivity index (χ0) is 51.8. The van der Waals surface area contributed by atoms with Crippen LogP contribution < -0.4 is 26.6 Å². The summed E-state index contributed by atoms with van der Waals surface area (Å²) < 4.78 is 0. The number of Topliss-reactive ketones (excluding diaryl/α,β-unsaturated/α-hetero) is 1. The number of rotatable bonds is 12. The fourth-order valence-electron chi connectivity index (χ4n) is 9.16. The molecular formula is C51H71N7O11S2. The van der Waals surface area contributed by atoms with Gasteiger partial charge in [-0.1, -0.05) is 87.7 Å². The molecule has 0 radical (unpaired) electrons. The van der Waals surface area contributed by atoms with Gasteiger partial charge in [0.25, 0.3) is 0 Å². The van der Waals surface area contributed by atoms with Crippen LogP contribution in [0.2, 0.25) is 0 Å². The number of carbonyl (C=O) groups is 9. The summed E-state index contributed by atoms with van der Waals surface area (Å²) in [6, 6.07) is 6.06. The molecule has 7 N–H and O–H groups in total. The van der Waals surface area contributed by atoms with E-state index >= 15 is 0 Å². The average Bonchev–Trinajstić information content (AvgIpc) is 4.03. The number of aliphatic carboxylic acids is 1. The molecule has 8 atom stereocenters. The van der Waals surface area contributed by atoms with Crippen LogP contribution in [0.1, 0.15) is 108 Å². The summed E-state index contributed by atoms with van der Waals surface area (Å²) in [6.07, 6.45) is 1.58. The monoisotopic (exact) mass is 1020 g/mol. The van der Waals surface area contributed by atoms with E-state index in [0.717, 1.165) is 29.5 Å². The highest BCUT2D eigenvalue weighted by Gasteiger charge is 2.45. The second-order valence-electron chi connectivity index (χ2n) is 19.1. The first-order valence-corrected chi connectivity index (χ1v) is 27.0. The van der Waals surface area contributed by atoms with Gasteiger partial charge in [-0.2, -0.15) is 23.5 Å². The van der Waals surface area contributed by atoms with Crippen molar-refractivity contribution in [3.63, 3.8) is 0 Å². The number of carboxylic acids is 1. The summed E-state index contributed by atoms with van der Waals surface area (Å²) >= 11 is 2.90. The second-order valence-corrected chi connectivity index (χ2v) is 21.1. The number of nitrogens with one attached hydrogen (secondary N) is 5. The number of carbonyl (C=O) groups excluding carboxylic acids is 8. The lowest BCUT2D eigenvalue weighted by Crippen LogP contribution is -2.61. The molecule has 2 saturated heterocycles. The quantitative estimate of drug-likeness (QED) is 0.151. The number of hydrogen-bond acceptors (Lipinski definition) is 12. The molecule has 0 aromatic heterocycles. The lowest BCUT2D eigenvalue weighted by atomic mass is 10.0. The van der Waals surface area contributed by atoms with Crippen molar-refractivity contribution >= 4 is 76.6 Å². The van der Waals surface area contributed by atoms with Gasteiger partial charge < -0.3 is 46.6 Å². The standard InChI is InChI=1S/C51H71N7O11S2/c1-6-7-9-18-42(60)52-39-29-71-27-35-22-31(4)21-34(23-35)26-70-28-38(45(63)30(2)3)55-46(64)36(24-33-14-10-8-11-15-33)53-47(65)37(25-43(61)62)54-49(67)44(32(5)59)56-48(66)40-16-12-19-57(40)51(69)41-17-13-20-58(41)50(39)68/h8,10-11,14-15,21-23,30,32,36-41,44,59H,6-7,9,12-13,16-20,24-29H2,1-5H3,(H,52,60)(H,53,65)(H,54,67)(H,55,64)(H,56,66)(H,61,62)/t32-,36+,37-,38+,39+,40+,41+,44+/m1/s1. The summed E-state index contributed by atoms with van der Waals surface area (Å²) in [6.45, 7) is 9.11. The number of aryl methyl sites for hydroxylation is 1. The Hall–Kier alpha value is -5.47. The Bertz CT molecular complexity index is 2230. The lowest BCUT2D eigenvalue weighted by Gasteiger charge is -2.33. The van der Waals surface area contributed by atoms with Crippen LogP contribution in [0.4, 0.5) is 0 Å². The van der Waals surface area contributed by atoms with Crippen molar-refractivity contribution in [3.05, 3.63) is 70.8 Å². The van der Waals surface area contributed by atoms with Crippen LogP contribution in [-0.4, -0.2) is 146 Å². The fourth-order valence-corrected chi connectivity index (χ4v) is 11.1. The molecule has 0 saturated carbocycles. The Balaban J connectivity index is 1.50. The Labute approximate surface area is 424 Å². The van der Waals surface area contributed by atoms with E-state index in [0.29, 0.717) is 42.8 Å². The summed E-state index contributed by atoms with van der Waals surface area (Å²) in [5.74, 6) is -5.58. The highest BCUT2D eigenvalue weighted by atomic mass is 32.2. The molecule has 3 aliphatic rings. The third kappa shape index (κ3) is 16.5. The molecular weight excluding hydrogens is 951 g/mol. The topological polar surface area (TPSA) is 261 Å². The number of fused-ring (bicyclic) bond motifs is 4. The molecule has 0 aliphatic carbocycles. The van der Waals surface area contributed by atoms with E-state index in [9.17, 15) is 53.4 Å². The zero-order valence-corrected chi connectivity index (χ0v) is 43.0. The maximum atomic E-state index is 14.5. The van der Waals surface area contributed by atoms with Crippen LogP contribution in [0.25, 0.3) is 0 Å². The van der Waals surface area contributed by atoms with Crippen molar-refractivity contribution in [3.8, 4) is 0 Å². The summed E-state index contributed by atoms with van der Waals surface area (Å²) in [4.78, 5) is 127. The molecule has 3 heterocycles. The van der Waals surface area contributed by atoms with Gasteiger partial charge in [-0.25, -0.2) is 0 Å². The normalized spacial score (nSPS) is 25.1. The first-order chi connectivity index (χ1) is 33.9. The van der Waals surface area contributed by atoms with Crippen molar-refractivity contribution < 1.29 is 53.4 Å². The first kappa shape index (κ1) is 56.4. The maximum absolute atomic E-state index is 14.5. The molecule has 7 amide bonds. The smallest absolute Gasteiger partial charge is 0.305 e. The van der Waals surface area contributed by atoms with Crippen molar-refractivity contribution in [2.75, 3.05) is 24.6 Å². The number of thioether (sulfide) groups is 2. The second kappa shape index (κ2) is 27.4. The molecule has 2 fully saturated rings. The van der Waals surface area contributed by atoms with E-state index in [1.807, 2.05) is 32.0 Å². The molecule has 2 bridgehead atoms. The Morgan fingerprint density at radius 3 is 1.97 bits per heavy atom. The minimum Gasteiger partial charge on any atom is -0.481 e. The predicted octanol–water partition coefficient (Wildman–Crippen LogP) is 2.78. The highest BCUT2D eigenvalue weighted by molar-refractivity contribution is 7.98. The average molecular weight is 1020 g/mol.